The molecule has 0 bridgehead atoms. The molecule has 0 aliphatic heterocycles. The highest BCUT2D eigenvalue weighted by molar-refractivity contribution is 8.02. The number of nitrogens with zero attached hydrogens (tertiary/aromatic N) is 2. The Morgan fingerprint density at radius 2 is 1.94 bits per heavy atom. The van der Waals surface area contributed by atoms with Gasteiger partial charge in [-0.25, -0.2) is 9.97 Å². The van der Waals surface area contributed by atoms with Crippen molar-refractivity contribution in [2.24, 2.45) is 5.41 Å². The van der Waals surface area contributed by atoms with Gasteiger partial charge in [0, 0.05) is 16.7 Å². The Morgan fingerprint density at radius 1 is 1.28 bits per heavy atom. The minimum Gasteiger partial charge on any atom is -0.237 e. The fourth-order valence-corrected chi connectivity index (χ4v) is 2.14. The molecule has 0 fully saturated rings. The fraction of sp³-hybridized carbons (Fsp3) is 0.571. The molecule has 0 amide bonds. The van der Waals surface area contributed by atoms with Gasteiger partial charge in [0.2, 0.25) is 0 Å². The van der Waals surface area contributed by atoms with Crippen molar-refractivity contribution in [3.63, 3.8) is 0 Å². The van der Waals surface area contributed by atoms with Gasteiger partial charge in [-0.05, 0) is 36.8 Å². The zero-order chi connectivity index (χ0) is 13.8. The Kier molecular flexibility index (Phi) is 5.29. The zero-order valence-electron chi connectivity index (χ0n) is 11.8. The van der Waals surface area contributed by atoms with Gasteiger partial charge < -0.3 is 0 Å². The van der Waals surface area contributed by atoms with Gasteiger partial charge in [0.1, 0.15) is 0 Å². The molecule has 0 aliphatic rings. The van der Waals surface area contributed by atoms with Crippen LogP contribution in [-0.4, -0.2) is 15.7 Å². The number of rotatable bonds is 4. The van der Waals surface area contributed by atoms with E-state index in [0.717, 1.165) is 17.3 Å². The Balaban J connectivity index is 2.66. The molecule has 0 aromatic carbocycles. The molecule has 1 aromatic heterocycles. The maximum Gasteiger partial charge on any atom is 0.152 e. The van der Waals surface area contributed by atoms with Crippen LogP contribution in [0.5, 0.6) is 0 Å². The van der Waals surface area contributed by atoms with Crippen LogP contribution in [0.15, 0.2) is 17.7 Å². The Morgan fingerprint density at radius 3 is 2.50 bits per heavy atom. The van der Waals surface area contributed by atoms with Crippen molar-refractivity contribution in [3.05, 3.63) is 29.2 Å². The van der Waals surface area contributed by atoms with Gasteiger partial charge in [0.15, 0.2) is 5.82 Å². The van der Waals surface area contributed by atoms with Crippen molar-refractivity contribution < 1.29 is 0 Å². The van der Waals surface area contributed by atoms with Crippen LogP contribution < -0.4 is 0 Å². The molecule has 0 saturated heterocycles. The first-order valence-corrected chi connectivity index (χ1v) is 7.52. The highest BCUT2D eigenvalue weighted by atomic mass is 32.2. The number of hydrogen-bond acceptors (Lipinski definition) is 4. The SMILES string of the molecule is CC(C)(C)CS/C=C/c1nccc(C(C)(C)S)n1. The molecular weight excluding hydrogens is 260 g/mol. The predicted molar refractivity (Wildman–Crippen MR) is 85.0 cm³/mol. The standard InChI is InChI=1S/C14H22N2S2/c1-13(2,3)10-18-9-7-12-15-8-6-11(16-12)14(4,5)17/h6-9,17H,10H2,1-5H3/b9-7+. The monoisotopic (exact) mass is 282 g/mol. The molecule has 0 N–H and O–H groups in total. The van der Waals surface area contributed by atoms with E-state index in [0.29, 0.717) is 5.41 Å². The summed E-state index contributed by atoms with van der Waals surface area (Å²) in [6.07, 6.45) is 3.74. The lowest BCUT2D eigenvalue weighted by molar-refractivity contribution is 0.481. The summed E-state index contributed by atoms with van der Waals surface area (Å²) >= 11 is 6.31. The molecule has 0 saturated carbocycles. The van der Waals surface area contributed by atoms with E-state index in [-0.39, 0.29) is 4.75 Å². The van der Waals surface area contributed by atoms with E-state index in [1.807, 2.05) is 26.0 Å². The lowest BCUT2D eigenvalue weighted by atomic mass is 10.0. The van der Waals surface area contributed by atoms with Crippen LogP contribution in [0.4, 0.5) is 0 Å². The van der Waals surface area contributed by atoms with Gasteiger partial charge in [0.05, 0.1) is 5.69 Å². The first kappa shape index (κ1) is 15.6. The molecule has 1 heterocycles. The van der Waals surface area contributed by atoms with Crippen LogP contribution in [0.1, 0.15) is 46.1 Å². The maximum atomic E-state index is 4.52. The third-order valence-electron chi connectivity index (χ3n) is 2.13. The van der Waals surface area contributed by atoms with Gasteiger partial charge in [-0.2, -0.15) is 12.6 Å². The summed E-state index contributed by atoms with van der Waals surface area (Å²) in [6, 6.07) is 1.91. The second kappa shape index (κ2) is 6.11. The zero-order valence-corrected chi connectivity index (χ0v) is 13.5. The van der Waals surface area contributed by atoms with Gasteiger partial charge in [-0.15, -0.1) is 11.8 Å². The maximum absolute atomic E-state index is 4.52. The molecule has 1 rings (SSSR count). The van der Waals surface area contributed by atoms with E-state index in [4.69, 9.17) is 0 Å². The highest BCUT2D eigenvalue weighted by Crippen LogP contribution is 2.25. The molecule has 0 spiro atoms. The van der Waals surface area contributed by atoms with Crippen molar-refractivity contribution in [1.29, 1.82) is 0 Å². The van der Waals surface area contributed by atoms with Crippen LogP contribution >= 0.6 is 24.4 Å². The summed E-state index contributed by atoms with van der Waals surface area (Å²) in [5, 5.41) is 2.07. The quantitative estimate of drug-likeness (QED) is 0.829. The molecular formula is C14H22N2S2. The summed E-state index contributed by atoms with van der Waals surface area (Å²) in [5.41, 5.74) is 1.28. The summed E-state index contributed by atoms with van der Waals surface area (Å²) in [6.45, 7) is 10.7. The lowest BCUT2D eigenvalue weighted by Gasteiger charge is -2.16. The van der Waals surface area contributed by atoms with E-state index < -0.39 is 0 Å². The van der Waals surface area contributed by atoms with Crippen LogP contribution in [0.2, 0.25) is 0 Å². The number of aromatic nitrogens is 2. The minimum absolute atomic E-state index is 0.232. The Hall–Kier alpha value is -0.480. The Labute approximate surface area is 120 Å². The molecule has 18 heavy (non-hydrogen) atoms. The predicted octanol–water partition coefficient (Wildman–Crippen LogP) is 4.39. The molecule has 0 aliphatic carbocycles. The summed E-state index contributed by atoms with van der Waals surface area (Å²) in [5.74, 6) is 1.83. The lowest BCUT2D eigenvalue weighted by Crippen LogP contribution is -2.11. The molecule has 0 radical (unpaired) electrons. The van der Waals surface area contributed by atoms with E-state index in [9.17, 15) is 0 Å². The van der Waals surface area contributed by atoms with Crippen LogP contribution in [-0.2, 0) is 4.75 Å². The van der Waals surface area contributed by atoms with E-state index >= 15 is 0 Å². The normalized spacial score (nSPS) is 13.2. The van der Waals surface area contributed by atoms with Crippen LogP contribution in [0.25, 0.3) is 6.08 Å². The van der Waals surface area contributed by atoms with E-state index in [1.54, 1.807) is 18.0 Å². The van der Waals surface area contributed by atoms with Crippen molar-refractivity contribution >= 4 is 30.5 Å². The first-order valence-electron chi connectivity index (χ1n) is 6.02. The van der Waals surface area contributed by atoms with Crippen molar-refractivity contribution in [3.8, 4) is 0 Å². The second-order valence-electron chi connectivity index (χ2n) is 6.03. The molecule has 0 unspecified atom stereocenters. The van der Waals surface area contributed by atoms with E-state index in [1.165, 1.54) is 0 Å². The summed E-state index contributed by atoms with van der Waals surface area (Å²) < 4.78 is -0.232. The van der Waals surface area contributed by atoms with Gasteiger partial charge >= 0.3 is 0 Å². The number of thiol groups is 1. The van der Waals surface area contributed by atoms with Crippen molar-refractivity contribution in [2.75, 3.05) is 5.75 Å². The topological polar surface area (TPSA) is 25.8 Å². The second-order valence-corrected chi connectivity index (χ2v) is 8.05. The molecule has 100 valence electrons. The smallest absolute Gasteiger partial charge is 0.152 e. The van der Waals surface area contributed by atoms with Gasteiger partial charge in [-0.1, -0.05) is 20.8 Å². The minimum atomic E-state index is -0.232. The third kappa shape index (κ3) is 5.91. The largest absolute Gasteiger partial charge is 0.237 e. The first-order chi connectivity index (χ1) is 8.18. The Bertz CT molecular complexity index is 415. The molecule has 0 atom stereocenters. The summed E-state index contributed by atoms with van der Waals surface area (Å²) in [4.78, 5) is 8.73. The van der Waals surface area contributed by atoms with Gasteiger partial charge in [0.25, 0.3) is 0 Å². The average Bonchev–Trinajstić information content (AvgIpc) is 2.22. The number of thioether (sulfide) groups is 1. The van der Waals surface area contributed by atoms with E-state index in [2.05, 4.69) is 48.8 Å². The molecule has 2 nitrogen and oxygen atoms in total. The molecule has 1 aromatic rings. The van der Waals surface area contributed by atoms with Crippen LogP contribution in [0.3, 0.4) is 0 Å². The third-order valence-corrected chi connectivity index (χ3v) is 3.72. The van der Waals surface area contributed by atoms with Crippen molar-refractivity contribution in [2.45, 2.75) is 39.4 Å². The summed E-state index contributed by atoms with van der Waals surface area (Å²) in [7, 11) is 0. The molecule has 4 heteroatoms. The van der Waals surface area contributed by atoms with Crippen LogP contribution in [0, 0.1) is 5.41 Å². The fourth-order valence-electron chi connectivity index (χ4n) is 1.20. The van der Waals surface area contributed by atoms with Gasteiger partial charge in [-0.3, -0.25) is 0 Å². The highest BCUT2D eigenvalue weighted by Gasteiger charge is 2.16. The average molecular weight is 282 g/mol. The number of hydrogen-bond donors (Lipinski definition) is 1. The van der Waals surface area contributed by atoms with Crippen molar-refractivity contribution in [1.82, 2.24) is 9.97 Å².